The number of β-amino-alcohol motifs (C(OH)–C–C–N with tert-alkyl or cyclic N) is 1. The van der Waals surface area contributed by atoms with Crippen molar-refractivity contribution in [2.45, 2.75) is 18.4 Å². The van der Waals surface area contributed by atoms with E-state index in [-0.39, 0.29) is 35.3 Å². The van der Waals surface area contributed by atoms with Gasteiger partial charge in [0.1, 0.15) is 28.2 Å². The smallest absolute Gasteiger partial charge is 0.507 e. The van der Waals surface area contributed by atoms with E-state index in [1.807, 2.05) is 0 Å². The lowest BCUT2D eigenvalue weighted by molar-refractivity contribution is 0.0632. The van der Waals surface area contributed by atoms with Gasteiger partial charge < -0.3 is 24.1 Å². The molecule has 9 nitrogen and oxygen atoms in total. The molecule has 2 aromatic carbocycles. The highest BCUT2D eigenvalue weighted by molar-refractivity contribution is 7.46. The number of aromatic hydroxyl groups is 1. The van der Waals surface area contributed by atoms with Gasteiger partial charge in [-0.2, -0.15) is 0 Å². The summed E-state index contributed by atoms with van der Waals surface area (Å²) in [5.74, 6) is -1.88. The van der Waals surface area contributed by atoms with Gasteiger partial charge in [-0.05, 0) is 32.1 Å². The van der Waals surface area contributed by atoms with Gasteiger partial charge in [0.25, 0.3) is 0 Å². The second kappa shape index (κ2) is 8.51. The normalized spacial score (nSPS) is 22.7. The number of phenolic OH excluding ortho intramolecular Hbond substituents is 1. The first kappa shape index (κ1) is 21.5. The summed E-state index contributed by atoms with van der Waals surface area (Å²) in [4.78, 5) is 33.4. The Kier molecular flexibility index (Phi) is 5.71. The zero-order valence-electron chi connectivity index (χ0n) is 17.8. The lowest BCUT2D eigenvalue weighted by Gasteiger charge is -2.34. The minimum absolute atomic E-state index is 0.0185. The van der Waals surface area contributed by atoms with Crippen LogP contribution in [0, 0.1) is 0 Å². The fraction of sp³-hybridized carbons (Fsp3) is 0.286. The van der Waals surface area contributed by atoms with Crippen LogP contribution in [0.1, 0.15) is 19.3 Å². The van der Waals surface area contributed by atoms with E-state index in [2.05, 4.69) is 0 Å². The van der Waals surface area contributed by atoms with Gasteiger partial charge in [0, 0.05) is 37.1 Å². The molecule has 170 valence electrons. The number of rotatable bonds is 4. The minimum atomic E-state index is -5.09. The average molecular weight is 483 g/mol. The van der Waals surface area contributed by atoms with Crippen molar-refractivity contribution in [3.05, 3.63) is 57.2 Å². The maximum atomic E-state index is 13.0. The molecule has 0 bridgehead atoms. The Morgan fingerprint density at radius 3 is 2.72 bits per heavy atom. The Morgan fingerprint density at radius 2 is 2.03 bits per heavy atom. The number of hydrogen-bond donors (Lipinski definition) is 4. The first-order valence-electron chi connectivity index (χ1n) is 10.2. The number of aliphatic hydroxyl groups is 1. The molecule has 0 radical (unpaired) electrons. The SMILES string of the molecule is [2H]C1C[C@H](c2c(OP(=O)(O)O)cc(O)c3c(=O)cc(-c4ccccc4Cl)oc23)[C@H](O)CN1C. The van der Waals surface area contributed by atoms with E-state index in [1.165, 1.54) is 0 Å². The van der Waals surface area contributed by atoms with Crippen LogP contribution in [0.15, 0.2) is 45.6 Å². The van der Waals surface area contributed by atoms with Crippen LogP contribution in [0.5, 0.6) is 11.5 Å². The Hall–Kier alpha value is -2.39. The van der Waals surface area contributed by atoms with Crippen molar-refractivity contribution in [1.82, 2.24) is 4.90 Å². The summed E-state index contributed by atoms with van der Waals surface area (Å²) in [5.41, 5.74) is -0.471. The van der Waals surface area contributed by atoms with Crippen molar-refractivity contribution in [3.63, 3.8) is 0 Å². The van der Waals surface area contributed by atoms with Crippen LogP contribution in [-0.4, -0.2) is 51.1 Å². The predicted molar refractivity (Wildman–Crippen MR) is 118 cm³/mol. The van der Waals surface area contributed by atoms with Crippen molar-refractivity contribution < 1.29 is 34.9 Å². The molecule has 1 unspecified atom stereocenters. The van der Waals surface area contributed by atoms with Gasteiger partial charge in [0.2, 0.25) is 0 Å². The molecule has 4 rings (SSSR count). The number of hydrogen-bond acceptors (Lipinski definition) is 7. The number of aliphatic hydroxyl groups excluding tert-OH is 1. The largest absolute Gasteiger partial charge is 0.524 e. The van der Waals surface area contributed by atoms with Gasteiger partial charge in [-0.25, -0.2) is 4.57 Å². The molecule has 1 aromatic heterocycles. The number of phosphoric ester groups is 1. The molecule has 2 heterocycles. The zero-order chi connectivity index (χ0) is 24.1. The highest BCUT2D eigenvalue weighted by Crippen LogP contribution is 2.48. The molecule has 0 aliphatic carbocycles. The third-order valence-electron chi connectivity index (χ3n) is 5.32. The molecule has 1 aliphatic rings. The molecule has 4 N–H and O–H groups in total. The zero-order valence-corrected chi connectivity index (χ0v) is 18.5. The number of nitrogens with zero attached hydrogens (tertiary/aromatic N) is 1. The topological polar surface area (TPSA) is 141 Å². The molecule has 0 saturated carbocycles. The molecule has 1 fully saturated rings. The minimum Gasteiger partial charge on any atom is -0.507 e. The van der Waals surface area contributed by atoms with Crippen LogP contribution < -0.4 is 9.95 Å². The number of piperidine rings is 1. The lowest BCUT2D eigenvalue weighted by atomic mass is 9.85. The number of phosphoric acid groups is 1. The number of likely N-dealkylation sites (tertiary alicyclic amines) is 1. The summed E-state index contributed by atoms with van der Waals surface area (Å²) >= 11 is 6.25. The van der Waals surface area contributed by atoms with Crippen LogP contribution in [0.3, 0.4) is 0 Å². The molecule has 0 amide bonds. The highest BCUT2D eigenvalue weighted by atomic mass is 35.5. The molecular weight excluding hydrogens is 461 g/mol. The summed E-state index contributed by atoms with van der Waals surface area (Å²) in [5, 5.41) is 21.3. The summed E-state index contributed by atoms with van der Waals surface area (Å²) in [6.07, 6.45) is -1.02. The summed E-state index contributed by atoms with van der Waals surface area (Å²) in [6.45, 7) is -0.658. The molecule has 1 aliphatic heterocycles. The van der Waals surface area contributed by atoms with Gasteiger partial charge in [-0.3, -0.25) is 14.6 Å². The van der Waals surface area contributed by atoms with E-state index in [9.17, 15) is 29.4 Å². The van der Waals surface area contributed by atoms with Gasteiger partial charge in [-0.15, -0.1) is 0 Å². The third kappa shape index (κ3) is 4.41. The third-order valence-corrected chi connectivity index (χ3v) is 6.08. The van der Waals surface area contributed by atoms with Gasteiger partial charge in [-0.1, -0.05) is 23.7 Å². The first-order chi connectivity index (χ1) is 15.5. The van der Waals surface area contributed by atoms with Gasteiger partial charge in [0.05, 0.1) is 11.1 Å². The van der Waals surface area contributed by atoms with Crippen LogP contribution in [0.25, 0.3) is 22.3 Å². The van der Waals surface area contributed by atoms with Crippen LogP contribution in [-0.2, 0) is 4.57 Å². The van der Waals surface area contributed by atoms with E-state index in [0.29, 0.717) is 10.6 Å². The van der Waals surface area contributed by atoms with Crippen molar-refractivity contribution >= 4 is 30.4 Å². The molecule has 3 atom stereocenters. The van der Waals surface area contributed by atoms with Crippen molar-refractivity contribution in [1.29, 1.82) is 0 Å². The second-order valence-corrected chi connectivity index (χ2v) is 9.15. The van der Waals surface area contributed by atoms with Crippen LogP contribution >= 0.6 is 19.4 Å². The fourth-order valence-electron chi connectivity index (χ4n) is 3.92. The number of benzene rings is 2. The van der Waals surface area contributed by atoms with Gasteiger partial charge in [0.15, 0.2) is 5.43 Å². The molecular formula is C21H21ClNO8P. The summed E-state index contributed by atoms with van der Waals surface area (Å²) < 4.78 is 30.7. The van der Waals surface area contributed by atoms with Crippen LogP contribution in [0.2, 0.25) is 5.02 Å². The van der Waals surface area contributed by atoms with E-state index in [1.54, 1.807) is 36.2 Å². The number of phenols is 1. The van der Waals surface area contributed by atoms with E-state index < -0.39 is 43.3 Å². The predicted octanol–water partition coefficient (Wildman–Crippen LogP) is 3.07. The van der Waals surface area contributed by atoms with Crippen LogP contribution in [0.4, 0.5) is 0 Å². The van der Waals surface area contributed by atoms with E-state index >= 15 is 0 Å². The maximum Gasteiger partial charge on any atom is 0.524 e. The van der Waals surface area contributed by atoms with Crippen molar-refractivity contribution in [2.75, 3.05) is 20.1 Å². The quantitative estimate of drug-likeness (QED) is 0.413. The van der Waals surface area contributed by atoms with Crippen molar-refractivity contribution in [3.8, 4) is 22.8 Å². The average Bonchev–Trinajstić information content (AvgIpc) is 2.70. The number of halogens is 1. The molecule has 3 aromatic rings. The number of likely N-dealkylation sites (N-methyl/N-ethyl adjacent to an activating group) is 1. The molecule has 0 spiro atoms. The van der Waals surface area contributed by atoms with E-state index in [0.717, 1.165) is 12.1 Å². The summed E-state index contributed by atoms with van der Waals surface area (Å²) in [6, 6.07) is 8.65. The monoisotopic (exact) mass is 482 g/mol. The fourth-order valence-corrected chi connectivity index (χ4v) is 4.55. The Balaban J connectivity index is 2.06. The van der Waals surface area contributed by atoms with Crippen molar-refractivity contribution in [2.24, 2.45) is 0 Å². The Labute approximate surface area is 189 Å². The highest BCUT2D eigenvalue weighted by Gasteiger charge is 2.35. The molecule has 32 heavy (non-hydrogen) atoms. The summed E-state index contributed by atoms with van der Waals surface area (Å²) in [7, 11) is -3.43. The Bertz CT molecular complexity index is 1330. The van der Waals surface area contributed by atoms with Gasteiger partial charge >= 0.3 is 7.82 Å². The standard InChI is InChI=1S/C21H21ClNO8P/c1-23-7-6-12(16(26)10-23)19-18(31-32(27,28)29)9-15(25)20-14(24)8-17(30-21(19)20)11-4-2-3-5-13(11)22/h2-5,8-9,12,16,25-26H,6-7,10H2,1H3,(H2,27,28,29)/t12-,16+/m0/s1/i7D/t7?,12-,16+. The molecule has 11 heteroatoms. The maximum absolute atomic E-state index is 13.0. The Morgan fingerprint density at radius 1 is 1.31 bits per heavy atom. The molecule has 1 saturated heterocycles. The lowest BCUT2D eigenvalue weighted by Crippen LogP contribution is -2.40. The second-order valence-electron chi connectivity index (χ2n) is 7.58. The first-order valence-corrected chi connectivity index (χ1v) is 11.5. The van der Waals surface area contributed by atoms with E-state index in [4.69, 9.17) is 21.9 Å². The number of fused-ring (bicyclic) bond motifs is 1.